The van der Waals surface area contributed by atoms with E-state index in [4.69, 9.17) is 5.11 Å². The van der Waals surface area contributed by atoms with E-state index in [2.05, 4.69) is 26.2 Å². The average molecular weight is 382 g/mol. The van der Waals surface area contributed by atoms with Gasteiger partial charge < -0.3 is 15.3 Å². The van der Waals surface area contributed by atoms with Gasteiger partial charge in [-0.15, -0.1) is 0 Å². The maximum atomic E-state index is 12.6. The number of halogens is 1. The Kier molecular flexibility index (Phi) is 4.84. The number of carboxylic acids is 1. The Hall–Kier alpha value is -1.63. The maximum Gasteiger partial charge on any atom is 0.317 e. The summed E-state index contributed by atoms with van der Waals surface area (Å²) in [6.07, 6.45) is 7.06. The number of aromatic nitrogens is 1. The number of pyridine rings is 1. The van der Waals surface area contributed by atoms with Gasteiger partial charge in [0.2, 0.25) is 0 Å². The highest BCUT2D eigenvalue weighted by Gasteiger charge is 2.36. The normalized spacial score (nSPS) is 22.5. The minimum absolute atomic E-state index is 0.0577. The first-order valence-electron chi connectivity index (χ1n) is 7.93. The molecular weight excluding hydrogens is 362 g/mol. The van der Waals surface area contributed by atoms with E-state index in [1.165, 1.54) is 0 Å². The van der Waals surface area contributed by atoms with Crippen molar-refractivity contribution in [1.29, 1.82) is 0 Å². The second kappa shape index (κ2) is 6.86. The summed E-state index contributed by atoms with van der Waals surface area (Å²) >= 11 is 3.42. The van der Waals surface area contributed by atoms with Crippen molar-refractivity contribution in [3.63, 3.8) is 0 Å². The second-order valence-electron chi connectivity index (χ2n) is 6.32. The molecule has 1 saturated carbocycles. The van der Waals surface area contributed by atoms with Gasteiger partial charge >= 0.3 is 12.0 Å². The molecule has 2 amide bonds. The van der Waals surface area contributed by atoms with E-state index < -0.39 is 11.9 Å². The van der Waals surface area contributed by atoms with Crippen molar-refractivity contribution in [3.05, 3.63) is 28.5 Å². The van der Waals surface area contributed by atoms with Gasteiger partial charge in [-0.1, -0.05) is 0 Å². The van der Waals surface area contributed by atoms with Crippen LogP contribution < -0.4 is 5.32 Å². The number of nitrogens with one attached hydrogen (secondary N) is 1. The van der Waals surface area contributed by atoms with Crippen LogP contribution in [0.4, 0.5) is 4.79 Å². The molecule has 1 aliphatic carbocycles. The number of aliphatic carboxylic acids is 1. The number of nitrogens with zero attached hydrogens (tertiary/aromatic N) is 2. The highest BCUT2D eigenvalue weighted by atomic mass is 79.9. The van der Waals surface area contributed by atoms with Crippen LogP contribution in [0.3, 0.4) is 0 Å². The van der Waals surface area contributed by atoms with Gasteiger partial charge in [-0.2, -0.15) is 0 Å². The maximum absolute atomic E-state index is 12.6. The molecule has 0 spiro atoms. The molecule has 2 heterocycles. The quantitative estimate of drug-likeness (QED) is 0.839. The Balaban J connectivity index is 1.68. The van der Waals surface area contributed by atoms with Crippen LogP contribution >= 0.6 is 15.9 Å². The summed E-state index contributed by atoms with van der Waals surface area (Å²) in [6, 6.07) is 1.75. The molecule has 0 bridgehead atoms. The lowest BCUT2D eigenvalue weighted by atomic mass is 9.98. The van der Waals surface area contributed by atoms with Crippen LogP contribution in [0, 0.1) is 11.8 Å². The number of amides is 2. The standard InChI is InChI=1S/C16H20BrN3O3/c17-13-6-12(7-18-8-13)14(10-3-4-10)19-16(23)20-5-1-2-11(9-20)15(21)22/h6-8,10-11,14H,1-5,9H2,(H,19,23)(H,21,22). The summed E-state index contributed by atoms with van der Waals surface area (Å²) < 4.78 is 0.888. The van der Waals surface area contributed by atoms with Gasteiger partial charge in [0.05, 0.1) is 12.0 Å². The molecule has 3 rings (SSSR count). The second-order valence-corrected chi connectivity index (χ2v) is 7.24. The SMILES string of the molecule is O=C(O)C1CCCN(C(=O)NC(c2cncc(Br)c2)C2CC2)C1. The Morgan fingerprint density at radius 2 is 2.13 bits per heavy atom. The van der Waals surface area contributed by atoms with Crippen molar-refractivity contribution < 1.29 is 14.7 Å². The van der Waals surface area contributed by atoms with Gasteiger partial charge in [-0.05, 0) is 59.2 Å². The fourth-order valence-electron chi connectivity index (χ4n) is 3.09. The van der Waals surface area contributed by atoms with Crippen molar-refractivity contribution in [1.82, 2.24) is 15.2 Å². The summed E-state index contributed by atoms with van der Waals surface area (Å²) in [5.74, 6) is -0.839. The van der Waals surface area contributed by atoms with Crippen LogP contribution in [-0.4, -0.2) is 40.1 Å². The third kappa shape index (κ3) is 4.02. The molecule has 2 unspecified atom stereocenters. The molecule has 2 fully saturated rings. The van der Waals surface area contributed by atoms with Gasteiger partial charge in [-0.3, -0.25) is 9.78 Å². The number of piperidine rings is 1. The zero-order valence-electron chi connectivity index (χ0n) is 12.7. The first-order chi connectivity index (χ1) is 11.0. The zero-order valence-corrected chi connectivity index (χ0v) is 14.3. The molecule has 7 heteroatoms. The van der Waals surface area contributed by atoms with E-state index in [0.717, 1.165) is 29.3 Å². The predicted molar refractivity (Wildman–Crippen MR) is 87.9 cm³/mol. The summed E-state index contributed by atoms with van der Waals surface area (Å²) in [5.41, 5.74) is 0.988. The van der Waals surface area contributed by atoms with Crippen molar-refractivity contribution in [2.24, 2.45) is 11.8 Å². The van der Waals surface area contributed by atoms with Crippen LogP contribution in [0.5, 0.6) is 0 Å². The number of likely N-dealkylation sites (tertiary alicyclic amines) is 1. The first kappa shape index (κ1) is 16.2. The summed E-state index contributed by atoms with van der Waals surface area (Å²) in [5, 5.41) is 12.2. The third-order valence-corrected chi connectivity index (χ3v) is 4.95. The Bertz CT molecular complexity index is 606. The van der Waals surface area contributed by atoms with Gasteiger partial charge in [0.25, 0.3) is 0 Å². The number of hydrogen-bond donors (Lipinski definition) is 2. The average Bonchev–Trinajstić information content (AvgIpc) is 3.37. The number of urea groups is 1. The van der Waals surface area contributed by atoms with Crippen LogP contribution in [-0.2, 0) is 4.79 Å². The number of rotatable bonds is 4. The molecule has 0 aromatic carbocycles. The van der Waals surface area contributed by atoms with Crippen molar-refractivity contribution in [3.8, 4) is 0 Å². The lowest BCUT2D eigenvalue weighted by Crippen LogP contribution is -2.48. The van der Waals surface area contributed by atoms with E-state index in [9.17, 15) is 9.59 Å². The minimum atomic E-state index is -0.822. The summed E-state index contributed by atoms with van der Waals surface area (Å²) in [7, 11) is 0. The van der Waals surface area contributed by atoms with Crippen LogP contribution in [0.1, 0.15) is 37.3 Å². The minimum Gasteiger partial charge on any atom is -0.481 e. The monoisotopic (exact) mass is 381 g/mol. The number of carboxylic acid groups (broad SMARTS) is 1. The van der Waals surface area contributed by atoms with E-state index >= 15 is 0 Å². The lowest BCUT2D eigenvalue weighted by molar-refractivity contribution is -0.143. The van der Waals surface area contributed by atoms with Crippen LogP contribution in [0.25, 0.3) is 0 Å². The van der Waals surface area contributed by atoms with Crippen LogP contribution in [0.2, 0.25) is 0 Å². The van der Waals surface area contributed by atoms with Crippen LogP contribution in [0.15, 0.2) is 22.9 Å². The van der Waals surface area contributed by atoms with E-state index in [-0.39, 0.29) is 18.6 Å². The fourth-order valence-corrected chi connectivity index (χ4v) is 3.47. The third-order valence-electron chi connectivity index (χ3n) is 4.52. The number of carbonyl (C=O) groups is 2. The summed E-state index contributed by atoms with van der Waals surface area (Å²) in [6.45, 7) is 0.902. The zero-order chi connectivity index (χ0) is 16.4. The number of carbonyl (C=O) groups excluding carboxylic acids is 1. The predicted octanol–water partition coefficient (Wildman–Crippen LogP) is 2.80. The number of hydrogen-bond acceptors (Lipinski definition) is 3. The summed E-state index contributed by atoms with van der Waals surface area (Å²) in [4.78, 5) is 29.5. The van der Waals surface area contributed by atoms with Crippen molar-refractivity contribution >= 4 is 27.9 Å². The van der Waals surface area contributed by atoms with E-state index in [1.54, 1.807) is 17.3 Å². The molecule has 1 aromatic heterocycles. The molecular formula is C16H20BrN3O3. The van der Waals surface area contributed by atoms with E-state index in [1.807, 2.05) is 6.07 Å². The first-order valence-corrected chi connectivity index (χ1v) is 8.72. The Morgan fingerprint density at radius 1 is 1.35 bits per heavy atom. The molecule has 2 atom stereocenters. The lowest BCUT2D eigenvalue weighted by Gasteiger charge is -2.32. The van der Waals surface area contributed by atoms with Crippen molar-refractivity contribution in [2.75, 3.05) is 13.1 Å². The molecule has 1 aromatic rings. The van der Waals surface area contributed by atoms with Gasteiger partial charge in [0.15, 0.2) is 0 Å². The van der Waals surface area contributed by atoms with Gasteiger partial charge in [-0.25, -0.2) is 4.79 Å². The molecule has 6 nitrogen and oxygen atoms in total. The Labute approximate surface area is 143 Å². The van der Waals surface area contributed by atoms with Gasteiger partial charge in [0, 0.05) is 30.0 Å². The molecule has 124 valence electrons. The largest absolute Gasteiger partial charge is 0.481 e. The fraction of sp³-hybridized carbons (Fsp3) is 0.562. The highest BCUT2D eigenvalue weighted by molar-refractivity contribution is 9.10. The molecule has 0 radical (unpaired) electrons. The Morgan fingerprint density at radius 3 is 2.78 bits per heavy atom. The van der Waals surface area contributed by atoms with E-state index in [0.29, 0.717) is 18.9 Å². The smallest absolute Gasteiger partial charge is 0.317 e. The molecule has 2 N–H and O–H groups in total. The highest BCUT2D eigenvalue weighted by Crippen LogP contribution is 2.41. The molecule has 2 aliphatic rings. The molecule has 23 heavy (non-hydrogen) atoms. The molecule has 1 aliphatic heterocycles. The van der Waals surface area contributed by atoms with Gasteiger partial charge in [0.1, 0.15) is 0 Å². The van der Waals surface area contributed by atoms with Crippen molar-refractivity contribution in [2.45, 2.75) is 31.7 Å². The topological polar surface area (TPSA) is 82.5 Å². The molecule has 1 saturated heterocycles.